The average Bonchev–Trinajstić information content (AvgIpc) is 2.49. The molecule has 0 bridgehead atoms. The second-order valence-electron chi connectivity index (χ2n) is 5.06. The lowest BCUT2D eigenvalue weighted by molar-refractivity contribution is 0.0354. The number of benzene rings is 1. The van der Waals surface area contributed by atoms with Gasteiger partial charge in [-0.05, 0) is 31.7 Å². The zero-order valence-electron chi connectivity index (χ0n) is 9.67. The van der Waals surface area contributed by atoms with Crippen LogP contribution in [0.25, 0.3) is 0 Å². The minimum absolute atomic E-state index is 0.0743. The Balaban J connectivity index is 1.89. The van der Waals surface area contributed by atoms with E-state index in [1.54, 1.807) is 0 Å². The van der Waals surface area contributed by atoms with Crippen molar-refractivity contribution < 1.29 is 4.74 Å². The quantitative estimate of drug-likeness (QED) is 0.721. The summed E-state index contributed by atoms with van der Waals surface area (Å²) in [5.41, 5.74) is 1.37. The van der Waals surface area contributed by atoms with Crippen LogP contribution in [0.5, 0.6) is 5.75 Å². The van der Waals surface area contributed by atoms with E-state index in [0.717, 1.165) is 18.8 Å². The van der Waals surface area contributed by atoms with E-state index < -0.39 is 0 Å². The third kappa shape index (κ3) is 1.82. The fourth-order valence-electron chi connectivity index (χ4n) is 2.92. The number of fused-ring (bicyclic) bond motifs is 1. The lowest BCUT2D eigenvalue weighted by atomic mass is 9.84. The fourth-order valence-corrected chi connectivity index (χ4v) is 2.92. The van der Waals surface area contributed by atoms with Gasteiger partial charge in [0.25, 0.3) is 0 Å². The molecule has 0 saturated heterocycles. The first kappa shape index (κ1) is 10.2. The van der Waals surface area contributed by atoms with Crippen LogP contribution in [0.15, 0.2) is 24.3 Å². The highest BCUT2D eigenvalue weighted by atomic mass is 16.5. The Morgan fingerprint density at radius 1 is 1.06 bits per heavy atom. The summed E-state index contributed by atoms with van der Waals surface area (Å²) in [6.07, 6.45) is 6.39. The van der Waals surface area contributed by atoms with E-state index in [1.165, 1.54) is 37.7 Å². The maximum Gasteiger partial charge on any atom is 0.124 e. The number of ether oxygens (including phenoxy) is 1. The molecule has 1 saturated carbocycles. The van der Waals surface area contributed by atoms with Crippen LogP contribution in [-0.4, -0.2) is 12.1 Å². The van der Waals surface area contributed by atoms with Gasteiger partial charge in [0.1, 0.15) is 11.4 Å². The SMILES string of the molecule is c1ccc2c(c1)CNCC1(CCCCC1)O2. The number of rotatable bonds is 0. The van der Waals surface area contributed by atoms with E-state index in [9.17, 15) is 0 Å². The van der Waals surface area contributed by atoms with Crippen LogP contribution >= 0.6 is 0 Å². The molecule has 1 aromatic carbocycles. The maximum absolute atomic E-state index is 6.32. The maximum atomic E-state index is 6.32. The molecule has 0 unspecified atom stereocenters. The number of para-hydroxylation sites is 1. The molecule has 0 atom stereocenters. The van der Waals surface area contributed by atoms with Gasteiger partial charge in [-0.25, -0.2) is 0 Å². The molecule has 0 amide bonds. The summed E-state index contributed by atoms with van der Waals surface area (Å²) < 4.78 is 6.32. The van der Waals surface area contributed by atoms with E-state index in [0.29, 0.717) is 0 Å². The molecule has 1 aromatic rings. The lowest BCUT2D eigenvalue weighted by Gasteiger charge is -2.36. The summed E-state index contributed by atoms with van der Waals surface area (Å²) in [5.74, 6) is 1.09. The molecule has 1 heterocycles. The molecule has 1 aliphatic heterocycles. The van der Waals surface area contributed by atoms with E-state index >= 15 is 0 Å². The van der Waals surface area contributed by atoms with Crippen LogP contribution in [0.4, 0.5) is 0 Å². The minimum Gasteiger partial charge on any atom is -0.486 e. The molecule has 0 radical (unpaired) electrons. The van der Waals surface area contributed by atoms with Crippen molar-refractivity contribution in [3.05, 3.63) is 29.8 Å². The van der Waals surface area contributed by atoms with Gasteiger partial charge in [0.2, 0.25) is 0 Å². The highest BCUT2D eigenvalue weighted by Crippen LogP contribution is 2.35. The van der Waals surface area contributed by atoms with Crippen molar-refractivity contribution in [1.82, 2.24) is 5.32 Å². The van der Waals surface area contributed by atoms with E-state index in [4.69, 9.17) is 4.74 Å². The smallest absolute Gasteiger partial charge is 0.124 e. The Morgan fingerprint density at radius 2 is 1.88 bits per heavy atom. The Morgan fingerprint density at radius 3 is 2.75 bits per heavy atom. The van der Waals surface area contributed by atoms with Crippen molar-refractivity contribution in [1.29, 1.82) is 0 Å². The summed E-state index contributed by atoms with van der Waals surface area (Å²) in [4.78, 5) is 0. The van der Waals surface area contributed by atoms with Gasteiger partial charge in [0, 0.05) is 18.7 Å². The zero-order valence-corrected chi connectivity index (χ0v) is 9.67. The van der Waals surface area contributed by atoms with Crippen molar-refractivity contribution in [2.24, 2.45) is 0 Å². The van der Waals surface area contributed by atoms with Gasteiger partial charge in [-0.2, -0.15) is 0 Å². The predicted octanol–water partition coefficient (Wildman–Crippen LogP) is 2.87. The van der Waals surface area contributed by atoms with Gasteiger partial charge >= 0.3 is 0 Å². The fraction of sp³-hybridized carbons (Fsp3) is 0.571. The Bertz CT molecular complexity index is 369. The van der Waals surface area contributed by atoms with Crippen LogP contribution in [0.2, 0.25) is 0 Å². The molecule has 0 aromatic heterocycles. The van der Waals surface area contributed by atoms with Crippen LogP contribution in [0.3, 0.4) is 0 Å². The Kier molecular flexibility index (Phi) is 2.60. The molecule has 86 valence electrons. The van der Waals surface area contributed by atoms with Crippen molar-refractivity contribution in [3.63, 3.8) is 0 Å². The highest BCUT2D eigenvalue weighted by Gasteiger charge is 2.35. The topological polar surface area (TPSA) is 21.3 Å². The van der Waals surface area contributed by atoms with Crippen LogP contribution in [0, 0.1) is 0 Å². The van der Waals surface area contributed by atoms with E-state index in [-0.39, 0.29) is 5.60 Å². The molecular weight excluding hydrogens is 198 g/mol. The highest BCUT2D eigenvalue weighted by molar-refractivity contribution is 5.34. The number of nitrogens with one attached hydrogen (secondary N) is 1. The second-order valence-corrected chi connectivity index (χ2v) is 5.06. The van der Waals surface area contributed by atoms with Crippen molar-refractivity contribution in [2.45, 2.75) is 44.2 Å². The minimum atomic E-state index is 0.0743. The molecule has 3 rings (SSSR count). The van der Waals surface area contributed by atoms with Gasteiger partial charge in [0.15, 0.2) is 0 Å². The van der Waals surface area contributed by atoms with Gasteiger partial charge in [-0.3, -0.25) is 0 Å². The molecule has 1 spiro atoms. The Labute approximate surface area is 97.0 Å². The number of hydrogen-bond acceptors (Lipinski definition) is 2. The van der Waals surface area contributed by atoms with Crippen molar-refractivity contribution >= 4 is 0 Å². The summed E-state index contributed by atoms with van der Waals surface area (Å²) in [5, 5.41) is 3.54. The molecule has 2 aliphatic rings. The molecule has 2 heteroatoms. The van der Waals surface area contributed by atoms with Crippen molar-refractivity contribution in [2.75, 3.05) is 6.54 Å². The van der Waals surface area contributed by atoms with Crippen LogP contribution in [-0.2, 0) is 6.54 Å². The third-order valence-electron chi connectivity index (χ3n) is 3.83. The third-order valence-corrected chi connectivity index (χ3v) is 3.83. The second kappa shape index (κ2) is 4.10. The molecular formula is C14H19NO. The van der Waals surface area contributed by atoms with Gasteiger partial charge in [-0.1, -0.05) is 24.6 Å². The molecule has 1 aliphatic carbocycles. The van der Waals surface area contributed by atoms with Crippen LogP contribution < -0.4 is 10.1 Å². The average molecular weight is 217 g/mol. The normalized spacial score (nSPS) is 23.2. The molecule has 1 N–H and O–H groups in total. The monoisotopic (exact) mass is 217 g/mol. The summed E-state index contributed by atoms with van der Waals surface area (Å²) in [6.45, 7) is 1.94. The van der Waals surface area contributed by atoms with Gasteiger partial charge in [0.05, 0.1) is 0 Å². The van der Waals surface area contributed by atoms with E-state index in [2.05, 4.69) is 29.6 Å². The summed E-state index contributed by atoms with van der Waals surface area (Å²) in [6, 6.07) is 8.42. The first-order valence-electron chi connectivity index (χ1n) is 6.36. The summed E-state index contributed by atoms with van der Waals surface area (Å²) >= 11 is 0. The Hall–Kier alpha value is -1.02. The standard InChI is InChI=1S/C14H19NO/c1-4-8-14(9-5-1)11-15-10-12-6-2-3-7-13(12)16-14/h2-3,6-7,15H,1,4-5,8-11H2. The molecule has 16 heavy (non-hydrogen) atoms. The first-order chi connectivity index (χ1) is 7.88. The zero-order chi connectivity index (χ0) is 10.8. The molecule has 1 fully saturated rings. The van der Waals surface area contributed by atoms with Gasteiger partial charge < -0.3 is 10.1 Å². The summed E-state index contributed by atoms with van der Waals surface area (Å²) in [7, 11) is 0. The number of hydrogen-bond donors (Lipinski definition) is 1. The van der Waals surface area contributed by atoms with Gasteiger partial charge in [-0.15, -0.1) is 0 Å². The predicted molar refractivity (Wildman–Crippen MR) is 64.6 cm³/mol. The van der Waals surface area contributed by atoms with E-state index in [1.807, 2.05) is 0 Å². The largest absolute Gasteiger partial charge is 0.486 e. The van der Waals surface area contributed by atoms with Crippen molar-refractivity contribution in [3.8, 4) is 5.75 Å². The first-order valence-corrected chi connectivity index (χ1v) is 6.36. The van der Waals surface area contributed by atoms with Crippen LogP contribution in [0.1, 0.15) is 37.7 Å². The lowest BCUT2D eigenvalue weighted by Crippen LogP contribution is -2.45. The molecule has 2 nitrogen and oxygen atoms in total.